The van der Waals surface area contributed by atoms with Crippen LogP contribution < -0.4 is 5.56 Å². The molecule has 0 radical (unpaired) electrons. The van der Waals surface area contributed by atoms with Crippen LogP contribution in [0.1, 0.15) is 25.7 Å². The zero-order chi connectivity index (χ0) is 10.2. The third kappa shape index (κ3) is 3.49. The van der Waals surface area contributed by atoms with Crippen molar-refractivity contribution in [1.82, 2.24) is 4.57 Å². The second-order valence-corrected chi connectivity index (χ2v) is 3.25. The summed E-state index contributed by atoms with van der Waals surface area (Å²) >= 11 is 0. The van der Waals surface area contributed by atoms with Crippen LogP contribution in [-0.2, 0) is 6.54 Å². The summed E-state index contributed by atoms with van der Waals surface area (Å²) in [6.07, 6.45) is 11.0. The smallest absolute Gasteiger partial charge is 0.250 e. The number of terminal acetylenes is 1. The van der Waals surface area contributed by atoms with E-state index in [1.54, 1.807) is 16.7 Å². The van der Waals surface area contributed by atoms with Crippen molar-refractivity contribution in [2.75, 3.05) is 0 Å². The van der Waals surface area contributed by atoms with Gasteiger partial charge in [-0.15, -0.1) is 12.3 Å². The Morgan fingerprint density at radius 2 is 2.14 bits per heavy atom. The maximum absolute atomic E-state index is 11.3. The maximum atomic E-state index is 11.3. The monoisotopic (exact) mass is 189 g/mol. The van der Waals surface area contributed by atoms with Gasteiger partial charge in [0, 0.05) is 25.2 Å². The molecule has 0 N–H and O–H groups in total. The average Bonchev–Trinajstić information content (AvgIpc) is 2.20. The third-order valence-corrected chi connectivity index (χ3v) is 2.12. The van der Waals surface area contributed by atoms with Gasteiger partial charge >= 0.3 is 0 Å². The SMILES string of the molecule is C#CCCCCCn1ccccc1=O. The summed E-state index contributed by atoms with van der Waals surface area (Å²) in [7, 11) is 0. The van der Waals surface area contributed by atoms with E-state index in [0.717, 1.165) is 32.2 Å². The quantitative estimate of drug-likeness (QED) is 0.513. The minimum Gasteiger partial charge on any atom is -0.316 e. The number of rotatable bonds is 5. The Hall–Kier alpha value is -1.49. The Morgan fingerprint density at radius 3 is 2.86 bits per heavy atom. The van der Waals surface area contributed by atoms with Crippen LogP contribution in [0.5, 0.6) is 0 Å². The van der Waals surface area contributed by atoms with Gasteiger partial charge in [-0.05, 0) is 18.9 Å². The lowest BCUT2D eigenvalue weighted by Gasteiger charge is -2.03. The van der Waals surface area contributed by atoms with Gasteiger partial charge < -0.3 is 4.57 Å². The van der Waals surface area contributed by atoms with Gasteiger partial charge in [-0.1, -0.05) is 12.5 Å². The Bertz CT molecular complexity index is 359. The van der Waals surface area contributed by atoms with E-state index in [-0.39, 0.29) is 5.56 Å². The largest absolute Gasteiger partial charge is 0.316 e. The topological polar surface area (TPSA) is 22.0 Å². The summed E-state index contributed by atoms with van der Waals surface area (Å²) in [6.45, 7) is 0.796. The highest BCUT2D eigenvalue weighted by Crippen LogP contribution is 1.99. The lowest BCUT2D eigenvalue weighted by atomic mass is 10.2. The molecule has 0 aliphatic rings. The van der Waals surface area contributed by atoms with Gasteiger partial charge in [0.15, 0.2) is 0 Å². The summed E-state index contributed by atoms with van der Waals surface area (Å²) in [5.74, 6) is 2.61. The zero-order valence-electron chi connectivity index (χ0n) is 8.28. The van der Waals surface area contributed by atoms with E-state index in [1.165, 1.54) is 0 Å². The molecule has 0 aromatic carbocycles. The number of pyridine rings is 1. The lowest BCUT2D eigenvalue weighted by Crippen LogP contribution is -2.17. The number of nitrogens with zero attached hydrogens (tertiary/aromatic N) is 1. The standard InChI is InChI=1S/C12H15NO/c1-2-3-4-5-7-10-13-11-8-6-9-12(13)14/h1,6,8-9,11H,3-5,7,10H2. The summed E-state index contributed by atoms with van der Waals surface area (Å²) in [4.78, 5) is 11.3. The van der Waals surface area contributed by atoms with E-state index >= 15 is 0 Å². The van der Waals surface area contributed by atoms with E-state index in [2.05, 4.69) is 5.92 Å². The number of hydrogen-bond acceptors (Lipinski definition) is 1. The first-order valence-corrected chi connectivity index (χ1v) is 4.93. The molecular formula is C12H15NO. The molecule has 2 nitrogen and oxygen atoms in total. The number of unbranched alkanes of at least 4 members (excludes halogenated alkanes) is 3. The van der Waals surface area contributed by atoms with Gasteiger partial charge in [0.25, 0.3) is 0 Å². The van der Waals surface area contributed by atoms with Crippen LogP contribution in [0, 0.1) is 12.3 Å². The van der Waals surface area contributed by atoms with Crippen LogP contribution in [-0.4, -0.2) is 4.57 Å². The molecule has 0 aliphatic carbocycles. The lowest BCUT2D eigenvalue weighted by molar-refractivity contribution is 0.579. The fourth-order valence-corrected chi connectivity index (χ4v) is 1.33. The molecule has 0 saturated carbocycles. The van der Waals surface area contributed by atoms with Crippen molar-refractivity contribution in [1.29, 1.82) is 0 Å². The van der Waals surface area contributed by atoms with Crippen LogP contribution >= 0.6 is 0 Å². The molecule has 1 rings (SSSR count). The first kappa shape index (κ1) is 10.6. The van der Waals surface area contributed by atoms with Gasteiger partial charge in [-0.3, -0.25) is 4.79 Å². The predicted octanol–water partition coefficient (Wildman–Crippen LogP) is 2.04. The first-order chi connectivity index (χ1) is 6.84. The number of aryl methyl sites for hydroxylation is 1. The van der Waals surface area contributed by atoms with Gasteiger partial charge in [0.1, 0.15) is 0 Å². The summed E-state index contributed by atoms with van der Waals surface area (Å²) in [6, 6.07) is 5.22. The van der Waals surface area contributed by atoms with E-state index < -0.39 is 0 Å². The van der Waals surface area contributed by atoms with Crippen LogP contribution in [0.3, 0.4) is 0 Å². The summed E-state index contributed by atoms with van der Waals surface area (Å²) in [5.41, 5.74) is 0.0736. The van der Waals surface area contributed by atoms with Crippen molar-refractivity contribution in [3.05, 3.63) is 34.7 Å². The van der Waals surface area contributed by atoms with Crippen molar-refractivity contribution >= 4 is 0 Å². The minimum absolute atomic E-state index is 0.0736. The fraction of sp³-hybridized carbons (Fsp3) is 0.417. The molecule has 1 aromatic heterocycles. The second kappa shape index (κ2) is 6.04. The summed E-state index contributed by atoms with van der Waals surface area (Å²) in [5, 5.41) is 0. The Morgan fingerprint density at radius 1 is 1.29 bits per heavy atom. The van der Waals surface area contributed by atoms with E-state index in [0.29, 0.717) is 0 Å². The molecule has 0 fully saturated rings. The molecule has 0 saturated heterocycles. The van der Waals surface area contributed by atoms with Crippen LogP contribution in [0.25, 0.3) is 0 Å². The van der Waals surface area contributed by atoms with Gasteiger partial charge in [-0.2, -0.15) is 0 Å². The average molecular weight is 189 g/mol. The van der Waals surface area contributed by atoms with Crippen LogP contribution in [0.15, 0.2) is 29.2 Å². The number of hydrogen-bond donors (Lipinski definition) is 0. The molecular weight excluding hydrogens is 174 g/mol. The fourth-order valence-electron chi connectivity index (χ4n) is 1.33. The minimum atomic E-state index is 0.0736. The number of aromatic nitrogens is 1. The molecule has 0 amide bonds. The van der Waals surface area contributed by atoms with Gasteiger partial charge in [-0.25, -0.2) is 0 Å². The molecule has 74 valence electrons. The molecule has 14 heavy (non-hydrogen) atoms. The van der Waals surface area contributed by atoms with Crippen LogP contribution in [0.4, 0.5) is 0 Å². The van der Waals surface area contributed by atoms with Crippen molar-refractivity contribution in [2.45, 2.75) is 32.2 Å². The predicted molar refractivity (Wildman–Crippen MR) is 58.0 cm³/mol. The van der Waals surface area contributed by atoms with Crippen molar-refractivity contribution in [3.8, 4) is 12.3 Å². The Kier molecular flexibility index (Phi) is 4.57. The highest BCUT2D eigenvalue weighted by atomic mass is 16.1. The molecule has 1 heterocycles. The van der Waals surface area contributed by atoms with Gasteiger partial charge in [0.2, 0.25) is 5.56 Å². The highest BCUT2D eigenvalue weighted by molar-refractivity contribution is 4.93. The molecule has 0 spiro atoms. The van der Waals surface area contributed by atoms with E-state index in [9.17, 15) is 4.79 Å². The summed E-state index contributed by atoms with van der Waals surface area (Å²) < 4.78 is 1.73. The molecule has 0 aliphatic heterocycles. The van der Waals surface area contributed by atoms with Crippen molar-refractivity contribution < 1.29 is 0 Å². The normalized spacial score (nSPS) is 9.64. The molecule has 0 atom stereocenters. The van der Waals surface area contributed by atoms with Crippen molar-refractivity contribution in [2.24, 2.45) is 0 Å². The van der Waals surface area contributed by atoms with E-state index in [1.807, 2.05) is 12.3 Å². The Labute approximate surface area is 84.6 Å². The zero-order valence-corrected chi connectivity index (χ0v) is 8.28. The van der Waals surface area contributed by atoms with Crippen molar-refractivity contribution in [3.63, 3.8) is 0 Å². The maximum Gasteiger partial charge on any atom is 0.250 e. The molecule has 0 bridgehead atoms. The first-order valence-electron chi connectivity index (χ1n) is 4.93. The molecule has 0 unspecified atom stereocenters. The second-order valence-electron chi connectivity index (χ2n) is 3.25. The Balaban J connectivity index is 2.29. The van der Waals surface area contributed by atoms with Gasteiger partial charge in [0.05, 0.1) is 0 Å². The molecule has 2 heteroatoms. The van der Waals surface area contributed by atoms with E-state index in [4.69, 9.17) is 6.42 Å². The molecule has 1 aromatic rings. The third-order valence-electron chi connectivity index (χ3n) is 2.12. The van der Waals surface area contributed by atoms with Crippen LogP contribution in [0.2, 0.25) is 0 Å². The highest BCUT2D eigenvalue weighted by Gasteiger charge is 1.93.